The fourth-order valence-corrected chi connectivity index (χ4v) is 2.99. The molecule has 0 aliphatic carbocycles. The number of halogens is 1. The lowest BCUT2D eigenvalue weighted by Crippen LogP contribution is -2.44. The first kappa shape index (κ1) is 17.3. The molecule has 2 rings (SSSR count). The molecule has 1 aliphatic heterocycles. The zero-order valence-corrected chi connectivity index (χ0v) is 14.1. The van der Waals surface area contributed by atoms with E-state index in [1.54, 1.807) is 0 Å². The quantitative estimate of drug-likeness (QED) is 0.875. The van der Waals surface area contributed by atoms with Gasteiger partial charge in [0.15, 0.2) is 0 Å². The molecule has 0 aromatic heterocycles. The van der Waals surface area contributed by atoms with Gasteiger partial charge in [-0.2, -0.15) is 0 Å². The Balaban J connectivity index is 2.08. The monoisotopic (exact) mass is 324 g/mol. The molecule has 1 aromatic carbocycles. The van der Waals surface area contributed by atoms with Crippen LogP contribution < -0.4 is 5.32 Å². The van der Waals surface area contributed by atoms with Crippen molar-refractivity contribution >= 4 is 17.5 Å². The molecule has 0 saturated carbocycles. The zero-order valence-electron chi connectivity index (χ0n) is 13.3. The van der Waals surface area contributed by atoms with Gasteiger partial charge in [0.2, 0.25) is 5.91 Å². The Hall–Kier alpha value is -1.10. The van der Waals surface area contributed by atoms with Crippen molar-refractivity contribution in [2.24, 2.45) is 5.92 Å². The van der Waals surface area contributed by atoms with Crippen LogP contribution in [0.5, 0.6) is 0 Å². The molecule has 122 valence electrons. The number of nitrogens with one attached hydrogen (secondary N) is 1. The van der Waals surface area contributed by atoms with Crippen LogP contribution in [0.15, 0.2) is 24.3 Å². The Labute approximate surface area is 137 Å². The van der Waals surface area contributed by atoms with Gasteiger partial charge >= 0.3 is 0 Å². The van der Waals surface area contributed by atoms with Crippen molar-refractivity contribution < 1.29 is 9.53 Å². The van der Waals surface area contributed by atoms with Crippen molar-refractivity contribution in [1.82, 2.24) is 10.2 Å². The Bertz CT molecular complexity index is 487. The summed E-state index contributed by atoms with van der Waals surface area (Å²) in [6.07, 6.45) is 0.554. The van der Waals surface area contributed by atoms with Gasteiger partial charge in [-0.25, -0.2) is 0 Å². The molecule has 1 unspecified atom stereocenters. The SMILES string of the molecule is CC(C)CC(=O)NCC(c1ccccc1Cl)N1CCOCC1. The minimum Gasteiger partial charge on any atom is -0.379 e. The second-order valence-electron chi connectivity index (χ2n) is 6.09. The Morgan fingerprint density at radius 3 is 2.64 bits per heavy atom. The topological polar surface area (TPSA) is 41.6 Å². The molecule has 1 aliphatic rings. The van der Waals surface area contributed by atoms with Gasteiger partial charge in [-0.15, -0.1) is 0 Å². The number of ether oxygens (including phenoxy) is 1. The van der Waals surface area contributed by atoms with Crippen LogP contribution in [0.2, 0.25) is 5.02 Å². The summed E-state index contributed by atoms with van der Waals surface area (Å²) in [7, 11) is 0. The molecule has 22 heavy (non-hydrogen) atoms. The first-order valence-corrected chi connectivity index (χ1v) is 8.28. The second kappa shape index (κ2) is 8.51. The number of hydrogen-bond acceptors (Lipinski definition) is 3. The van der Waals surface area contributed by atoms with Crippen LogP contribution in [0.4, 0.5) is 0 Å². The largest absolute Gasteiger partial charge is 0.379 e. The number of nitrogens with zero attached hydrogens (tertiary/aromatic N) is 1. The molecule has 0 bridgehead atoms. The van der Waals surface area contributed by atoms with Crippen LogP contribution in [0.3, 0.4) is 0 Å². The highest BCUT2D eigenvalue weighted by Crippen LogP contribution is 2.27. The normalized spacial score (nSPS) is 17.5. The Morgan fingerprint density at radius 1 is 1.32 bits per heavy atom. The second-order valence-corrected chi connectivity index (χ2v) is 6.49. The predicted molar refractivity (Wildman–Crippen MR) is 89.0 cm³/mol. The molecule has 1 saturated heterocycles. The number of rotatable bonds is 6. The van der Waals surface area contributed by atoms with Gasteiger partial charge in [0.25, 0.3) is 0 Å². The molecule has 0 radical (unpaired) electrons. The van der Waals surface area contributed by atoms with Gasteiger partial charge in [0.05, 0.1) is 19.3 Å². The van der Waals surface area contributed by atoms with E-state index in [2.05, 4.69) is 10.2 Å². The summed E-state index contributed by atoms with van der Waals surface area (Å²) in [5.41, 5.74) is 1.07. The fraction of sp³-hybridized carbons (Fsp3) is 0.588. The molecule has 1 N–H and O–H groups in total. The summed E-state index contributed by atoms with van der Waals surface area (Å²) in [4.78, 5) is 14.3. The number of benzene rings is 1. The molecule has 0 spiro atoms. The molecule has 1 aromatic rings. The first-order valence-electron chi connectivity index (χ1n) is 7.91. The molecule has 4 nitrogen and oxygen atoms in total. The maximum Gasteiger partial charge on any atom is 0.220 e. The number of morpholine rings is 1. The highest BCUT2D eigenvalue weighted by molar-refractivity contribution is 6.31. The van der Waals surface area contributed by atoms with Gasteiger partial charge in [-0.05, 0) is 17.5 Å². The highest BCUT2D eigenvalue weighted by Gasteiger charge is 2.24. The molecular weight excluding hydrogens is 300 g/mol. The number of hydrogen-bond donors (Lipinski definition) is 1. The van der Waals surface area contributed by atoms with Crippen molar-refractivity contribution in [3.8, 4) is 0 Å². The lowest BCUT2D eigenvalue weighted by Gasteiger charge is -2.35. The van der Waals surface area contributed by atoms with Crippen LogP contribution in [-0.4, -0.2) is 43.7 Å². The van der Waals surface area contributed by atoms with E-state index in [1.165, 1.54) is 0 Å². The predicted octanol–water partition coefficient (Wildman–Crippen LogP) is 2.88. The van der Waals surface area contributed by atoms with E-state index in [0.717, 1.165) is 36.9 Å². The summed E-state index contributed by atoms with van der Waals surface area (Å²) in [6, 6.07) is 7.95. The molecular formula is C17H25ClN2O2. The molecule has 1 amide bonds. The minimum atomic E-state index is 0.0914. The van der Waals surface area contributed by atoms with Crippen molar-refractivity contribution in [2.75, 3.05) is 32.8 Å². The fourth-order valence-electron chi connectivity index (χ4n) is 2.72. The van der Waals surface area contributed by atoms with Crippen molar-refractivity contribution in [3.05, 3.63) is 34.9 Å². The van der Waals surface area contributed by atoms with E-state index < -0.39 is 0 Å². The van der Waals surface area contributed by atoms with Crippen molar-refractivity contribution in [1.29, 1.82) is 0 Å². The highest BCUT2D eigenvalue weighted by atomic mass is 35.5. The molecule has 1 atom stereocenters. The van der Waals surface area contributed by atoms with E-state index >= 15 is 0 Å². The van der Waals surface area contributed by atoms with Crippen molar-refractivity contribution in [2.45, 2.75) is 26.3 Å². The van der Waals surface area contributed by atoms with Crippen LogP contribution >= 0.6 is 11.6 Å². The summed E-state index contributed by atoms with van der Waals surface area (Å²) in [5.74, 6) is 0.461. The standard InChI is InChI=1S/C17H25ClN2O2/c1-13(2)11-17(21)19-12-16(20-7-9-22-10-8-20)14-5-3-4-6-15(14)18/h3-6,13,16H,7-12H2,1-2H3,(H,19,21). The third kappa shape index (κ3) is 4.97. The van der Waals surface area contributed by atoms with Gasteiger partial charge in [0, 0.05) is 31.1 Å². The van der Waals surface area contributed by atoms with E-state index in [1.807, 2.05) is 38.1 Å². The lowest BCUT2D eigenvalue weighted by atomic mass is 10.0. The summed E-state index contributed by atoms with van der Waals surface area (Å²) >= 11 is 6.37. The first-order chi connectivity index (χ1) is 10.6. The molecule has 1 heterocycles. The third-order valence-electron chi connectivity index (χ3n) is 3.84. The summed E-state index contributed by atoms with van der Waals surface area (Å²) in [6.45, 7) is 7.84. The Kier molecular flexibility index (Phi) is 6.68. The zero-order chi connectivity index (χ0) is 15.9. The number of amides is 1. The maximum atomic E-state index is 12.0. The van der Waals surface area contributed by atoms with Gasteiger partial charge in [-0.1, -0.05) is 43.6 Å². The number of carbonyl (C=O) groups excluding carboxylic acids is 1. The van der Waals surface area contributed by atoms with E-state index in [4.69, 9.17) is 16.3 Å². The van der Waals surface area contributed by atoms with Crippen LogP contribution in [0, 0.1) is 5.92 Å². The third-order valence-corrected chi connectivity index (χ3v) is 4.18. The van der Waals surface area contributed by atoms with Crippen LogP contribution in [-0.2, 0) is 9.53 Å². The minimum absolute atomic E-state index is 0.0914. The van der Waals surface area contributed by atoms with Crippen LogP contribution in [0.1, 0.15) is 31.9 Å². The van der Waals surface area contributed by atoms with Crippen molar-refractivity contribution in [3.63, 3.8) is 0 Å². The average molecular weight is 325 g/mol. The van der Waals surface area contributed by atoms with Gasteiger partial charge < -0.3 is 10.1 Å². The average Bonchev–Trinajstić information content (AvgIpc) is 2.49. The van der Waals surface area contributed by atoms with Crippen LogP contribution in [0.25, 0.3) is 0 Å². The lowest BCUT2D eigenvalue weighted by molar-refractivity contribution is -0.122. The van der Waals surface area contributed by atoms with Gasteiger partial charge in [0.1, 0.15) is 0 Å². The number of carbonyl (C=O) groups is 1. The molecule has 5 heteroatoms. The summed E-state index contributed by atoms with van der Waals surface area (Å²) in [5, 5.41) is 3.80. The van der Waals surface area contributed by atoms with Gasteiger partial charge in [-0.3, -0.25) is 9.69 Å². The van der Waals surface area contributed by atoms with E-state index in [-0.39, 0.29) is 11.9 Å². The smallest absolute Gasteiger partial charge is 0.220 e. The van der Waals surface area contributed by atoms with E-state index in [0.29, 0.717) is 18.9 Å². The Morgan fingerprint density at radius 2 is 2.00 bits per heavy atom. The summed E-state index contributed by atoms with van der Waals surface area (Å²) < 4.78 is 5.43. The van der Waals surface area contributed by atoms with E-state index in [9.17, 15) is 4.79 Å². The molecule has 1 fully saturated rings. The maximum absolute atomic E-state index is 12.0.